The van der Waals surface area contributed by atoms with Crippen molar-refractivity contribution in [2.24, 2.45) is 22.9 Å². The van der Waals surface area contributed by atoms with E-state index in [9.17, 15) is 15.0 Å². The van der Waals surface area contributed by atoms with Crippen molar-refractivity contribution < 1.29 is 38.8 Å². The smallest absolute Gasteiger partial charge is 0.254 e. The van der Waals surface area contributed by atoms with Crippen molar-refractivity contribution in [1.29, 1.82) is 0 Å². The summed E-state index contributed by atoms with van der Waals surface area (Å²) in [5.41, 5.74) is 5.49. The van der Waals surface area contributed by atoms with E-state index in [2.05, 4.69) is 43.0 Å². The molecule has 1 saturated carbocycles. The first kappa shape index (κ1) is 45.4. The van der Waals surface area contributed by atoms with Crippen LogP contribution in [0.2, 0.25) is 0 Å². The molecule has 2 fully saturated rings. The van der Waals surface area contributed by atoms with Gasteiger partial charge in [-0.3, -0.25) is 4.79 Å². The van der Waals surface area contributed by atoms with Crippen LogP contribution in [-0.2, 0) is 14.3 Å². The van der Waals surface area contributed by atoms with E-state index >= 15 is 0 Å². The number of amides is 1. The lowest BCUT2D eigenvalue weighted by atomic mass is 9.55. The van der Waals surface area contributed by atoms with Gasteiger partial charge in [0.2, 0.25) is 12.1 Å². The Hall–Kier alpha value is -5.78. The molecule has 5 aromatic rings. The Bertz CT molecular complexity index is 2520. The SMILES string of the molecule is C=CCOC12Oc3ccc(Oc4ccc(-c5ccccc5)cc4)cc3C3C(CCCCO)C(CCCCO)C=C(C(=NOC4CCCCO4)CC1N(C)C(=O)c1ccc4ccccc4c1)C32. The van der Waals surface area contributed by atoms with Gasteiger partial charge in [0.15, 0.2) is 0 Å². The van der Waals surface area contributed by atoms with E-state index in [-0.39, 0.29) is 43.5 Å². The highest BCUT2D eigenvalue weighted by Gasteiger charge is 2.65. The Labute approximate surface area is 388 Å². The molecule has 10 heteroatoms. The number of carbonyl (C=O) groups is 1. The summed E-state index contributed by atoms with van der Waals surface area (Å²) in [6.45, 7) is 5.08. The summed E-state index contributed by atoms with van der Waals surface area (Å²) in [7, 11) is 1.84. The molecule has 7 unspecified atom stereocenters. The molecule has 344 valence electrons. The van der Waals surface area contributed by atoms with Gasteiger partial charge in [-0.1, -0.05) is 103 Å². The minimum Gasteiger partial charge on any atom is -0.459 e. The van der Waals surface area contributed by atoms with Crippen molar-refractivity contribution in [3.63, 3.8) is 0 Å². The van der Waals surface area contributed by atoms with Crippen LogP contribution in [0.1, 0.15) is 86.0 Å². The van der Waals surface area contributed by atoms with Crippen LogP contribution in [0.3, 0.4) is 0 Å². The molecule has 1 saturated heterocycles. The number of hydrogen-bond acceptors (Lipinski definition) is 9. The predicted molar refractivity (Wildman–Crippen MR) is 258 cm³/mol. The number of oxime groups is 1. The maximum atomic E-state index is 15.0. The number of nitrogens with zero attached hydrogens (tertiary/aromatic N) is 2. The number of allylic oxidation sites excluding steroid dienone is 1. The fourth-order valence-electron chi connectivity index (χ4n) is 10.9. The molecule has 2 heterocycles. The molecule has 10 nitrogen and oxygen atoms in total. The van der Waals surface area contributed by atoms with Gasteiger partial charge in [-0.25, -0.2) is 0 Å². The highest BCUT2D eigenvalue weighted by molar-refractivity contribution is 6.04. The molecular weight excluding hydrogens is 829 g/mol. The number of likely N-dealkylation sites (N-methyl/N-ethyl adjacent to an activating group) is 1. The molecule has 5 aromatic carbocycles. The zero-order chi connectivity index (χ0) is 45.5. The molecule has 2 aliphatic heterocycles. The normalized spacial score (nSPS) is 25.0. The van der Waals surface area contributed by atoms with Crippen LogP contribution >= 0.6 is 0 Å². The number of aliphatic hydroxyl groups is 2. The Morgan fingerprint density at radius 2 is 1.59 bits per heavy atom. The van der Waals surface area contributed by atoms with E-state index in [1.807, 2.05) is 92.0 Å². The summed E-state index contributed by atoms with van der Waals surface area (Å²) < 4.78 is 27.2. The molecule has 2 aliphatic carbocycles. The molecule has 1 amide bonds. The Morgan fingerprint density at radius 1 is 0.848 bits per heavy atom. The molecule has 7 atom stereocenters. The van der Waals surface area contributed by atoms with E-state index < -0.39 is 24.0 Å². The lowest BCUT2D eigenvalue weighted by Crippen LogP contribution is -2.69. The third kappa shape index (κ3) is 9.42. The number of unbranched alkanes of at least 4 members (excludes halogenated alkanes) is 2. The number of fused-ring (bicyclic) bond motifs is 3. The monoisotopic (exact) mass is 890 g/mol. The molecule has 4 aliphatic rings. The number of ether oxygens (including phenoxy) is 4. The van der Waals surface area contributed by atoms with E-state index in [0.717, 1.165) is 83.7 Å². The quantitative estimate of drug-likeness (QED) is 0.0507. The third-order valence-corrected chi connectivity index (χ3v) is 14.0. The minimum atomic E-state index is -1.37. The molecule has 66 heavy (non-hydrogen) atoms. The Morgan fingerprint density at radius 3 is 2.35 bits per heavy atom. The largest absolute Gasteiger partial charge is 0.459 e. The summed E-state index contributed by atoms with van der Waals surface area (Å²) in [4.78, 5) is 23.1. The van der Waals surface area contributed by atoms with Crippen LogP contribution in [0, 0.1) is 17.8 Å². The number of aliphatic hydroxyl groups excluding tert-OH is 2. The summed E-state index contributed by atoms with van der Waals surface area (Å²) in [6, 6.07) is 37.7. The number of carbonyl (C=O) groups excluding carboxylic acids is 1. The van der Waals surface area contributed by atoms with Gasteiger partial charge in [0.05, 0.1) is 24.8 Å². The standard InChI is InChI=1S/C56H62N2O8/c1-3-32-63-56-51(58(2)55(61)43-23-22-39-17-7-8-18-41(39)34-43)37-49(57-66-52-21-11-14-33-62-52)47-35-42(19-9-12-30-59)46(20-10-13-31-60)53(54(47)56)48-36-45(28-29-50(48)65-56)64-44-26-24-40(25-27-44)38-15-5-4-6-16-38/h3-8,15-18,22-29,34-36,42,46,51-54,59-60H,1,9-14,19-21,30-33,37H2,2H3. The van der Waals surface area contributed by atoms with Gasteiger partial charge in [-0.15, -0.1) is 6.58 Å². The lowest BCUT2D eigenvalue weighted by Gasteiger charge is -2.59. The first-order valence-corrected chi connectivity index (χ1v) is 23.9. The summed E-state index contributed by atoms with van der Waals surface area (Å²) in [6.07, 6.45) is 11.3. The van der Waals surface area contributed by atoms with Crippen molar-refractivity contribution in [2.45, 2.75) is 88.2 Å². The highest BCUT2D eigenvalue weighted by Crippen LogP contribution is 2.62. The highest BCUT2D eigenvalue weighted by atomic mass is 16.8. The van der Waals surface area contributed by atoms with Crippen molar-refractivity contribution in [2.75, 3.05) is 33.5 Å². The molecule has 0 bridgehead atoms. The second-order valence-corrected chi connectivity index (χ2v) is 18.1. The summed E-state index contributed by atoms with van der Waals surface area (Å²) >= 11 is 0. The second-order valence-electron chi connectivity index (χ2n) is 18.1. The Balaban J connectivity index is 1.18. The molecule has 0 spiro atoms. The zero-order valence-corrected chi connectivity index (χ0v) is 37.9. The van der Waals surface area contributed by atoms with Gasteiger partial charge < -0.3 is 38.9 Å². The topological polar surface area (TPSA) is 119 Å². The van der Waals surface area contributed by atoms with Gasteiger partial charge in [-0.05, 0) is 120 Å². The van der Waals surface area contributed by atoms with Crippen LogP contribution in [0.25, 0.3) is 21.9 Å². The number of hydrogen-bond donors (Lipinski definition) is 2. The average molecular weight is 891 g/mol. The minimum absolute atomic E-state index is 0.0721. The molecule has 0 aromatic heterocycles. The van der Waals surface area contributed by atoms with Gasteiger partial charge in [0.1, 0.15) is 23.3 Å². The number of rotatable bonds is 18. The first-order chi connectivity index (χ1) is 32.4. The van der Waals surface area contributed by atoms with Crippen LogP contribution in [0.15, 0.2) is 145 Å². The average Bonchev–Trinajstić information content (AvgIpc) is 3.36. The maximum Gasteiger partial charge on any atom is 0.254 e. The van der Waals surface area contributed by atoms with Gasteiger partial charge >= 0.3 is 0 Å². The van der Waals surface area contributed by atoms with Gasteiger partial charge in [0, 0.05) is 50.1 Å². The van der Waals surface area contributed by atoms with Gasteiger partial charge in [-0.2, -0.15) is 0 Å². The van der Waals surface area contributed by atoms with Crippen molar-refractivity contribution >= 4 is 22.4 Å². The van der Waals surface area contributed by atoms with Crippen LogP contribution < -0.4 is 9.47 Å². The van der Waals surface area contributed by atoms with E-state index in [0.29, 0.717) is 48.7 Å². The summed E-state index contributed by atoms with van der Waals surface area (Å²) in [5.74, 6) is 0.0385. The van der Waals surface area contributed by atoms with Crippen LogP contribution in [0.4, 0.5) is 0 Å². The van der Waals surface area contributed by atoms with Crippen molar-refractivity contribution in [1.82, 2.24) is 4.90 Å². The van der Waals surface area contributed by atoms with E-state index in [4.69, 9.17) is 28.9 Å². The third-order valence-electron chi connectivity index (χ3n) is 14.0. The fraction of sp³-hybridized carbons (Fsp3) is 0.393. The zero-order valence-electron chi connectivity index (χ0n) is 37.9. The molecule has 0 radical (unpaired) electrons. The maximum absolute atomic E-state index is 15.0. The summed E-state index contributed by atoms with van der Waals surface area (Å²) in [5, 5.41) is 27.0. The first-order valence-electron chi connectivity index (χ1n) is 23.9. The fourth-order valence-corrected chi connectivity index (χ4v) is 10.9. The van der Waals surface area contributed by atoms with Gasteiger partial charge in [0.25, 0.3) is 5.91 Å². The van der Waals surface area contributed by atoms with E-state index in [1.54, 1.807) is 11.0 Å². The predicted octanol–water partition coefficient (Wildman–Crippen LogP) is 11.2. The number of benzene rings is 5. The lowest BCUT2D eigenvalue weighted by molar-refractivity contribution is -0.252. The molecular formula is C56H62N2O8. The van der Waals surface area contributed by atoms with Crippen molar-refractivity contribution in [3.8, 4) is 28.4 Å². The van der Waals surface area contributed by atoms with Crippen molar-refractivity contribution in [3.05, 3.63) is 151 Å². The van der Waals surface area contributed by atoms with E-state index in [1.165, 1.54) is 0 Å². The van der Waals surface area contributed by atoms with Crippen LogP contribution in [-0.4, -0.2) is 78.3 Å². The second kappa shape index (κ2) is 20.8. The van der Waals surface area contributed by atoms with Crippen LogP contribution in [0.5, 0.6) is 17.2 Å². The Kier molecular flexibility index (Phi) is 14.3. The molecule has 9 rings (SSSR count). The molecule has 2 N–H and O–H groups in total.